The molecule has 0 radical (unpaired) electrons. The van der Waals surface area contributed by atoms with Gasteiger partial charge in [0.2, 0.25) is 0 Å². The fourth-order valence-electron chi connectivity index (χ4n) is 2.12. The van der Waals surface area contributed by atoms with Crippen molar-refractivity contribution in [1.29, 1.82) is 0 Å². The molecule has 1 aromatic carbocycles. The molecule has 3 heteroatoms. The average Bonchev–Trinajstić information content (AvgIpc) is 2.91. The summed E-state index contributed by atoms with van der Waals surface area (Å²) in [4.78, 5) is 2.82. The van der Waals surface area contributed by atoms with E-state index < -0.39 is 0 Å². The van der Waals surface area contributed by atoms with Crippen LogP contribution in [-0.2, 0) is 6.42 Å². The number of thiophene rings is 1. The second-order valence-electron chi connectivity index (χ2n) is 4.14. The highest BCUT2D eigenvalue weighted by atomic mass is 32.2. The van der Waals surface area contributed by atoms with E-state index in [4.69, 9.17) is 0 Å². The van der Waals surface area contributed by atoms with Gasteiger partial charge in [-0.15, -0.1) is 23.1 Å². The maximum atomic E-state index is 3.61. The van der Waals surface area contributed by atoms with Gasteiger partial charge in [-0.05, 0) is 35.9 Å². The van der Waals surface area contributed by atoms with E-state index in [0.29, 0.717) is 6.04 Å². The average molecular weight is 277 g/mol. The first kappa shape index (κ1) is 13.7. The Morgan fingerprint density at radius 1 is 1.22 bits per heavy atom. The van der Waals surface area contributed by atoms with E-state index >= 15 is 0 Å². The van der Waals surface area contributed by atoms with Crippen molar-refractivity contribution in [3.63, 3.8) is 0 Å². The molecule has 2 rings (SSSR count). The Balaban J connectivity index is 2.23. The highest BCUT2D eigenvalue weighted by Crippen LogP contribution is 2.28. The summed E-state index contributed by atoms with van der Waals surface area (Å²) in [6.07, 6.45) is 3.22. The Hall–Kier alpha value is -0.770. The molecule has 1 nitrogen and oxygen atoms in total. The summed E-state index contributed by atoms with van der Waals surface area (Å²) in [6.45, 7) is 3.17. The van der Waals surface area contributed by atoms with Gasteiger partial charge in [-0.1, -0.05) is 31.2 Å². The van der Waals surface area contributed by atoms with Crippen LogP contribution in [0.2, 0.25) is 0 Å². The Bertz CT molecular complexity index is 465. The molecule has 0 spiro atoms. The number of thioether (sulfide) groups is 1. The van der Waals surface area contributed by atoms with Crippen molar-refractivity contribution in [1.82, 2.24) is 5.32 Å². The first-order chi connectivity index (χ1) is 8.85. The topological polar surface area (TPSA) is 12.0 Å². The van der Waals surface area contributed by atoms with E-state index in [2.05, 4.69) is 60.3 Å². The van der Waals surface area contributed by atoms with Gasteiger partial charge in [-0.3, -0.25) is 0 Å². The lowest BCUT2D eigenvalue weighted by Crippen LogP contribution is -2.23. The SMILES string of the molecule is CCNC(Cc1cccs1)c1ccccc1SC. The number of rotatable bonds is 6. The van der Waals surface area contributed by atoms with Gasteiger partial charge in [0.05, 0.1) is 0 Å². The molecule has 0 aliphatic carbocycles. The summed E-state index contributed by atoms with van der Waals surface area (Å²) in [5.74, 6) is 0. The van der Waals surface area contributed by atoms with Crippen LogP contribution < -0.4 is 5.32 Å². The van der Waals surface area contributed by atoms with Crippen molar-refractivity contribution in [3.05, 3.63) is 52.2 Å². The molecule has 0 fully saturated rings. The van der Waals surface area contributed by atoms with Gasteiger partial charge >= 0.3 is 0 Å². The Morgan fingerprint density at radius 2 is 2.06 bits per heavy atom. The quantitative estimate of drug-likeness (QED) is 0.787. The van der Waals surface area contributed by atoms with Gasteiger partial charge < -0.3 is 5.32 Å². The van der Waals surface area contributed by atoms with Crippen LogP contribution in [-0.4, -0.2) is 12.8 Å². The predicted molar refractivity (Wildman–Crippen MR) is 82.7 cm³/mol. The zero-order chi connectivity index (χ0) is 12.8. The van der Waals surface area contributed by atoms with Crippen LogP contribution in [0.4, 0.5) is 0 Å². The standard InChI is InChI=1S/C15H19NS2/c1-3-16-14(11-12-7-6-10-18-12)13-8-4-5-9-15(13)17-2/h4-10,14,16H,3,11H2,1-2H3. The van der Waals surface area contributed by atoms with Crippen molar-refractivity contribution in [2.45, 2.75) is 24.3 Å². The van der Waals surface area contributed by atoms with Crippen LogP contribution in [0.5, 0.6) is 0 Å². The molecule has 0 aliphatic heterocycles. The molecule has 18 heavy (non-hydrogen) atoms. The summed E-state index contributed by atoms with van der Waals surface area (Å²) in [7, 11) is 0. The van der Waals surface area contributed by atoms with Crippen LogP contribution in [0.3, 0.4) is 0 Å². The smallest absolute Gasteiger partial charge is 0.0379 e. The van der Waals surface area contributed by atoms with Crippen LogP contribution in [0.25, 0.3) is 0 Å². The summed E-state index contributed by atoms with van der Waals surface area (Å²) in [5, 5.41) is 5.76. The van der Waals surface area contributed by atoms with Crippen molar-refractivity contribution in [2.75, 3.05) is 12.8 Å². The second-order valence-corrected chi connectivity index (χ2v) is 6.02. The molecular formula is C15H19NS2. The Labute approximate surface area is 118 Å². The number of benzene rings is 1. The van der Waals surface area contributed by atoms with Crippen molar-refractivity contribution in [2.24, 2.45) is 0 Å². The number of likely N-dealkylation sites (N-methyl/N-ethyl adjacent to an activating group) is 1. The molecule has 1 aromatic heterocycles. The molecule has 0 saturated heterocycles. The van der Waals surface area contributed by atoms with E-state index in [9.17, 15) is 0 Å². The maximum absolute atomic E-state index is 3.61. The predicted octanol–water partition coefficient (Wildman–Crippen LogP) is 4.36. The minimum atomic E-state index is 0.414. The second kappa shape index (κ2) is 6.98. The van der Waals surface area contributed by atoms with Gasteiger partial charge in [0.15, 0.2) is 0 Å². The molecule has 0 saturated carbocycles. The van der Waals surface area contributed by atoms with Gasteiger partial charge in [0.25, 0.3) is 0 Å². The molecule has 0 aliphatic rings. The van der Waals surface area contributed by atoms with Crippen molar-refractivity contribution < 1.29 is 0 Å². The first-order valence-electron chi connectivity index (χ1n) is 6.23. The summed E-state index contributed by atoms with van der Waals surface area (Å²) < 4.78 is 0. The van der Waals surface area contributed by atoms with E-state index in [1.165, 1.54) is 15.3 Å². The van der Waals surface area contributed by atoms with Crippen LogP contribution in [0.1, 0.15) is 23.4 Å². The summed E-state index contributed by atoms with van der Waals surface area (Å²) in [6, 6.07) is 13.5. The Morgan fingerprint density at radius 3 is 2.72 bits per heavy atom. The molecule has 0 bridgehead atoms. The van der Waals surface area contributed by atoms with Gasteiger partial charge in [0, 0.05) is 22.2 Å². The zero-order valence-electron chi connectivity index (χ0n) is 10.8. The maximum Gasteiger partial charge on any atom is 0.0379 e. The molecule has 1 N–H and O–H groups in total. The molecule has 1 heterocycles. The lowest BCUT2D eigenvalue weighted by atomic mass is 10.0. The highest BCUT2D eigenvalue weighted by molar-refractivity contribution is 7.98. The summed E-state index contributed by atoms with van der Waals surface area (Å²) in [5.41, 5.74) is 1.42. The lowest BCUT2D eigenvalue weighted by Gasteiger charge is -2.20. The minimum absolute atomic E-state index is 0.414. The minimum Gasteiger partial charge on any atom is -0.310 e. The molecule has 0 amide bonds. The van der Waals surface area contributed by atoms with E-state index in [0.717, 1.165) is 13.0 Å². The van der Waals surface area contributed by atoms with E-state index in [1.54, 1.807) is 0 Å². The zero-order valence-corrected chi connectivity index (χ0v) is 12.5. The molecule has 96 valence electrons. The molecule has 2 aromatic rings. The fourth-order valence-corrected chi connectivity index (χ4v) is 3.54. The lowest BCUT2D eigenvalue weighted by molar-refractivity contribution is 0.546. The monoisotopic (exact) mass is 277 g/mol. The highest BCUT2D eigenvalue weighted by Gasteiger charge is 2.14. The number of hydrogen-bond acceptors (Lipinski definition) is 3. The van der Waals surface area contributed by atoms with Gasteiger partial charge in [-0.25, -0.2) is 0 Å². The number of hydrogen-bond donors (Lipinski definition) is 1. The van der Waals surface area contributed by atoms with Crippen LogP contribution >= 0.6 is 23.1 Å². The molecular weight excluding hydrogens is 258 g/mol. The molecule has 1 atom stereocenters. The third-order valence-electron chi connectivity index (χ3n) is 2.95. The fraction of sp³-hybridized carbons (Fsp3) is 0.333. The summed E-state index contributed by atoms with van der Waals surface area (Å²) >= 11 is 3.66. The Kier molecular flexibility index (Phi) is 5.29. The third kappa shape index (κ3) is 3.37. The molecule has 1 unspecified atom stereocenters. The van der Waals surface area contributed by atoms with E-state index in [1.807, 2.05) is 23.1 Å². The van der Waals surface area contributed by atoms with Crippen LogP contribution in [0, 0.1) is 0 Å². The van der Waals surface area contributed by atoms with Crippen molar-refractivity contribution in [3.8, 4) is 0 Å². The van der Waals surface area contributed by atoms with E-state index in [-0.39, 0.29) is 0 Å². The van der Waals surface area contributed by atoms with Gasteiger partial charge in [0.1, 0.15) is 0 Å². The van der Waals surface area contributed by atoms with Crippen LogP contribution in [0.15, 0.2) is 46.7 Å². The largest absolute Gasteiger partial charge is 0.310 e. The van der Waals surface area contributed by atoms with Gasteiger partial charge in [-0.2, -0.15) is 0 Å². The normalized spacial score (nSPS) is 12.6. The third-order valence-corrected chi connectivity index (χ3v) is 4.66. The number of nitrogens with one attached hydrogen (secondary N) is 1. The van der Waals surface area contributed by atoms with Crippen molar-refractivity contribution >= 4 is 23.1 Å². The first-order valence-corrected chi connectivity index (χ1v) is 8.34.